The van der Waals surface area contributed by atoms with Crippen LogP contribution in [0.2, 0.25) is 0 Å². The third-order valence-corrected chi connectivity index (χ3v) is 3.86. The molecule has 0 radical (unpaired) electrons. The fourth-order valence-corrected chi connectivity index (χ4v) is 2.43. The number of carbonyl (C=O) groups excluding carboxylic acids is 1. The van der Waals surface area contributed by atoms with Crippen LogP contribution < -0.4 is 21.1 Å². The molecule has 0 spiro atoms. The number of amides is 1. The molecule has 3 aromatic rings. The molecule has 0 atom stereocenters. The number of hydrogen-bond acceptors (Lipinski definition) is 7. The van der Waals surface area contributed by atoms with E-state index >= 15 is 0 Å². The quantitative estimate of drug-likeness (QED) is 0.482. The lowest BCUT2D eigenvalue weighted by Crippen LogP contribution is -2.32. The topological polar surface area (TPSA) is 115 Å². The van der Waals surface area contributed by atoms with E-state index in [1.54, 1.807) is 12.1 Å². The van der Waals surface area contributed by atoms with Gasteiger partial charge in [0.25, 0.3) is 5.91 Å². The van der Waals surface area contributed by atoms with Gasteiger partial charge < -0.3 is 21.1 Å². The Balaban J connectivity index is 1.39. The molecule has 0 fully saturated rings. The van der Waals surface area contributed by atoms with Crippen LogP contribution >= 0.6 is 0 Å². The second-order valence-corrected chi connectivity index (χ2v) is 5.99. The molecule has 1 aromatic heterocycles. The number of anilines is 1. The van der Waals surface area contributed by atoms with Crippen LogP contribution in [-0.2, 0) is 13.2 Å². The summed E-state index contributed by atoms with van der Waals surface area (Å²) in [6, 6.07) is 13.9. The summed E-state index contributed by atoms with van der Waals surface area (Å²) < 4.78 is 23.1. The maximum Gasteiger partial charge on any atom is 0.277 e. The zero-order chi connectivity index (χ0) is 19.8. The number of aromatic nitrogens is 2. The van der Waals surface area contributed by atoms with Crippen molar-refractivity contribution in [2.45, 2.75) is 13.2 Å². The Kier molecular flexibility index (Phi) is 6.53. The smallest absolute Gasteiger partial charge is 0.277 e. The Morgan fingerprint density at radius 1 is 1.11 bits per heavy atom. The van der Waals surface area contributed by atoms with Crippen molar-refractivity contribution < 1.29 is 18.6 Å². The van der Waals surface area contributed by atoms with E-state index in [-0.39, 0.29) is 17.3 Å². The van der Waals surface area contributed by atoms with Gasteiger partial charge in [0.15, 0.2) is 0 Å². The van der Waals surface area contributed by atoms with Gasteiger partial charge >= 0.3 is 0 Å². The Morgan fingerprint density at radius 2 is 1.93 bits per heavy atom. The predicted octanol–water partition coefficient (Wildman–Crippen LogP) is 1.89. The number of carbonyl (C=O) groups is 1. The molecule has 0 unspecified atom stereocenters. The molecule has 0 saturated carbocycles. The number of nitrogens with one attached hydrogen (secondary N) is 2. The van der Waals surface area contributed by atoms with Crippen LogP contribution in [0.15, 0.2) is 53.2 Å². The number of halogens is 1. The summed E-state index contributed by atoms with van der Waals surface area (Å²) >= 11 is 0. The van der Waals surface area contributed by atoms with E-state index in [2.05, 4.69) is 25.6 Å². The molecule has 9 heteroatoms. The van der Waals surface area contributed by atoms with Gasteiger partial charge in [-0.25, -0.2) is 9.02 Å². The lowest BCUT2D eigenvalue weighted by molar-refractivity contribution is 0.0944. The summed E-state index contributed by atoms with van der Waals surface area (Å²) in [5.41, 5.74) is 7.36. The lowest BCUT2D eigenvalue weighted by Gasteiger charge is -2.09. The number of nitrogens with two attached hydrogens (primary N) is 1. The minimum absolute atomic E-state index is 0.0222. The van der Waals surface area contributed by atoms with E-state index in [0.29, 0.717) is 26.2 Å². The Labute approximate surface area is 160 Å². The van der Waals surface area contributed by atoms with Gasteiger partial charge in [-0.15, -0.1) is 0 Å². The highest BCUT2D eigenvalue weighted by atomic mass is 19.1. The Hall–Kier alpha value is -3.46. The molecule has 3 rings (SSSR count). The van der Waals surface area contributed by atoms with Gasteiger partial charge in [0.2, 0.25) is 11.5 Å². The molecule has 1 heterocycles. The van der Waals surface area contributed by atoms with Crippen molar-refractivity contribution >= 4 is 11.7 Å². The van der Waals surface area contributed by atoms with Crippen LogP contribution in [-0.4, -0.2) is 29.3 Å². The molecule has 1 amide bonds. The van der Waals surface area contributed by atoms with Gasteiger partial charge in [-0.05, 0) is 45.7 Å². The summed E-state index contributed by atoms with van der Waals surface area (Å²) in [6.07, 6.45) is 0. The first-order valence-electron chi connectivity index (χ1n) is 8.65. The second kappa shape index (κ2) is 9.47. The van der Waals surface area contributed by atoms with Crippen molar-refractivity contribution in [1.82, 2.24) is 20.9 Å². The Morgan fingerprint density at radius 3 is 2.68 bits per heavy atom. The zero-order valence-corrected chi connectivity index (χ0v) is 15.0. The molecule has 0 bridgehead atoms. The summed E-state index contributed by atoms with van der Waals surface area (Å²) in [7, 11) is 0. The lowest BCUT2D eigenvalue weighted by atomic mass is 10.2. The summed E-state index contributed by atoms with van der Waals surface area (Å²) in [5, 5.41) is 12.7. The number of rotatable bonds is 9. The van der Waals surface area contributed by atoms with Crippen LogP contribution in [0.1, 0.15) is 21.6 Å². The van der Waals surface area contributed by atoms with Crippen LogP contribution in [0, 0.1) is 5.82 Å². The number of nitrogen functional groups attached to an aromatic ring is 1. The van der Waals surface area contributed by atoms with Gasteiger partial charge in [-0.3, -0.25) is 4.79 Å². The maximum atomic E-state index is 12.9. The van der Waals surface area contributed by atoms with E-state index < -0.39 is 5.91 Å². The first kappa shape index (κ1) is 19.3. The van der Waals surface area contributed by atoms with Gasteiger partial charge in [0.05, 0.1) is 0 Å². The number of benzene rings is 2. The van der Waals surface area contributed by atoms with E-state index in [1.165, 1.54) is 12.1 Å². The average Bonchev–Trinajstić information content (AvgIpc) is 3.13. The molecule has 28 heavy (non-hydrogen) atoms. The van der Waals surface area contributed by atoms with Crippen molar-refractivity contribution in [2.24, 2.45) is 0 Å². The number of hydrogen-bond donors (Lipinski definition) is 3. The van der Waals surface area contributed by atoms with Crippen molar-refractivity contribution in [2.75, 3.05) is 18.8 Å². The Bertz CT molecular complexity index is 914. The monoisotopic (exact) mass is 385 g/mol. The minimum atomic E-state index is -0.434. The predicted molar refractivity (Wildman–Crippen MR) is 99.9 cm³/mol. The van der Waals surface area contributed by atoms with Crippen molar-refractivity contribution in [1.29, 1.82) is 0 Å². The third-order valence-electron chi connectivity index (χ3n) is 3.86. The normalized spacial score (nSPS) is 10.6. The zero-order valence-electron chi connectivity index (χ0n) is 15.0. The van der Waals surface area contributed by atoms with Gasteiger partial charge in [-0.1, -0.05) is 24.3 Å². The molecule has 0 aliphatic carbocycles. The van der Waals surface area contributed by atoms with Crippen LogP contribution in [0.25, 0.3) is 0 Å². The molecular formula is C19H20FN5O3. The van der Waals surface area contributed by atoms with Crippen LogP contribution in [0.4, 0.5) is 10.2 Å². The highest BCUT2D eigenvalue weighted by molar-refractivity contribution is 5.95. The van der Waals surface area contributed by atoms with E-state index in [9.17, 15) is 9.18 Å². The summed E-state index contributed by atoms with van der Waals surface area (Å²) in [4.78, 5) is 11.8. The molecule has 0 aliphatic heterocycles. The average molecular weight is 385 g/mol. The number of ether oxygens (including phenoxy) is 1. The molecule has 0 aliphatic rings. The van der Waals surface area contributed by atoms with Gasteiger partial charge in [0, 0.05) is 19.6 Å². The van der Waals surface area contributed by atoms with E-state index in [4.69, 9.17) is 10.5 Å². The van der Waals surface area contributed by atoms with E-state index in [0.717, 1.165) is 16.9 Å². The highest BCUT2D eigenvalue weighted by Crippen LogP contribution is 2.15. The molecule has 4 N–H and O–H groups in total. The van der Waals surface area contributed by atoms with Crippen molar-refractivity contribution in [3.8, 4) is 5.75 Å². The molecule has 2 aromatic carbocycles. The maximum absolute atomic E-state index is 12.9. The first-order valence-corrected chi connectivity index (χ1v) is 8.65. The molecule has 0 saturated heterocycles. The fraction of sp³-hybridized carbons (Fsp3) is 0.211. The molecular weight excluding hydrogens is 365 g/mol. The fourth-order valence-electron chi connectivity index (χ4n) is 2.43. The van der Waals surface area contributed by atoms with Gasteiger partial charge in [-0.2, -0.15) is 0 Å². The van der Waals surface area contributed by atoms with Crippen LogP contribution in [0.3, 0.4) is 0 Å². The summed E-state index contributed by atoms with van der Waals surface area (Å²) in [6.45, 7) is 1.92. The first-order chi connectivity index (χ1) is 13.6. The van der Waals surface area contributed by atoms with Crippen molar-refractivity contribution in [3.05, 3.63) is 71.2 Å². The van der Waals surface area contributed by atoms with Crippen LogP contribution in [0.5, 0.6) is 5.75 Å². The largest absolute Gasteiger partial charge is 0.489 e. The molecule has 8 nitrogen and oxygen atoms in total. The number of nitrogens with zero attached hydrogens (tertiary/aromatic N) is 2. The summed E-state index contributed by atoms with van der Waals surface area (Å²) in [5.74, 6) is -0.0141. The highest BCUT2D eigenvalue weighted by Gasteiger charge is 2.14. The second-order valence-electron chi connectivity index (χ2n) is 5.99. The minimum Gasteiger partial charge on any atom is -0.489 e. The standard InChI is InChI=1S/C19H20FN5O3/c20-15-6-4-13(5-7-15)12-27-16-3-1-2-14(10-16)11-22-8-9-23-19(26)17-18(21)25-28-24-17/h1-7,10,22H,8-9,11-12H2,(H2,21,25)(H,23,26). The molecule has 146 valence electrons. The third kappa shape index (κ3) is 5.52. The van der Waals surface area contributed by atoms with E-state index in [1.807, 2.05) is 24.3 Å². The van der Waals surface area contributed by atoms with Gasteiger partial charge in [0.1, 0.15) is 18.2 Å². The SMILES string of the molecule is Nc1nonc1C(=O)NCCNCc1cccc(OCc2ccc(F)cc2)c1. The van der Waals surface area contributed by atoms with Crippen molar-refractivity contribution in [3.63, 3.8) is 0 Å².